The van der Waals surface area contributed by atoms with E-state index >= 15 is 0 Å². The van der Waals surface area contributed by atoms with Gasteiger partial charge in [-0.3, -0.25) is 19.2 Å². The second-order valence-corrected chi connectivity index (χ2v) is 11.3. The van der Waals surface area contributed by atoms with Gasteiger partial charge in [0.1, 0.15) is 17.7 Å². The fraction of sp³-hybridized carbons (Fsp3) is 0.324. The van der Waals surface area contributed by atoms with Crippen molar-refractivity contribution in [1.82, 2.24) is 21.3 Å². The van der Waals surface area contributed by atoms with Crippen molar-refractivity contribution in [3.63, 3.8) is 0 Å². The van der Waals surface area contributed by atoms with E-state index in [1.807, 2.05) is 60.7 Å². The zero-order valence-electron chi connectivity index (χ0n) is 25.5. The molecule has 232 valence electrons. The first-order valence-corrected chi connectivity index (χ1v) is 14.5. The Morgan fingerprint density at radius 1 is 0.636 bits per heavy atom. The minimum absolute atomic E-state index is 0.0868. The molecule has 0 aromatic heterocycles. The average molecular weight is 601 g/mol. The molecule has 2 atom stereocenters. The molecule has 10 nitrogen and oxygen atoms in total. The highest BCUT2D eigenvalue weighted by Gasteiger charge is 2.25. The molecule has 0 aliphatic heterocycles. The summed E-state index contributed by atoms with van der Waals surface area (Å²) in [5, 5.41) is 11.0. The molecule has 4 N–H and O–H groups in total. The van der Waals surface area contributed by atoms with Crippen LogP contribution in [0.25, 0.3) is 0 Å². The van der Waals surface area contributed by atoms with Crippen molar-refractivity contribution >= 4 is 29.6 Å². The summed E-state index contributed by atoms with van der Waals surface area (Å²) in [4.78, 5) is 63.2. The number of ether oxygens (including phenoxy) is 1. The van der Waals surface area contributed by atoms with E-state index in [1.54, 1.807) is 32.9 Å². The number of benzene rings is 3. The number of carbonyl (C=O) groups excluding carboxylic acids is 5. The highest BCUT2D eigenvalue weighted by molar-refractivity contribution is 5.99. The van der Waals surface area contributed by atoms with Gasteiger partial charge in [-0.15, -0.1) is 0 Å². The summed E-state index contributed by atoms with van der Waals surface area (Å²) < 4.78 is 5.33. The van der Waals surface area contributed by atoms with Crippen molar-refractivity contribution in [3.05, 3.63) is 107 Å². The molecule has 0 saturated heterocycles. The van der Waals surface area contributed by atoms with Crippen LogP contribution in [-0.2, 0) is 27.2 Å². The van der Waals surface area contributed by atoms with Gasteiger partial charge in [0.05, 0.1) is 0 Å². The van der Waals surface area contributed by atoms with Gasteiger partial charge in [0.15, 0.2) is 5.78 Å². The van der Waals surface area contributed by atoms with E-state index in [0.29, 0.717) is 11.1 Å². The van der Waals surface area contributed by atoms with Crippen LogP contribution in [0.4, 0.5) is 4.79 Å². The van der Waals surface area contributed by atoms with Crippen LogP contribution in [0.15, 0.2) is 84.9 Å². The molecule has 10 heteroatoms. The quantitative estimate of drug-likeness (QED) is 0.174. The summed E-state index contributed by atoms with van der Waals surface area (Å²) in [6, 6.07) is 23.0. The van der Waals surface area contributed by atoms with Crippen LogP contribution in [0.3, 0.4) is 0 Å². The monoisotopic (exact) mass is 600 g/mol. The predicted molar refractivity (Wildman–Crippen MR) is 167 cm³/mol. The Labute approximate surface area is 258 Å². The Hall–Kier alpha value is -4.99. The van der Waals surface area contributed by atoms with Gasteiger partial charge in [0, 0.05) is 37.1 Å². The van der Waals surface area contributed by atoms with Gasteiger partial charge in [0.2, 0.25) is 11.8 Å². The van der Waals surface area contributed by atoms with Crippen molar-refractivity contribution in [1.29, 1.82) is 0 Å². The second-order valence-electron chi connectivity index (χ2n) is 11.3. The number of Topliss-reactive ketones (excluding diaryl/α,β-unsaturated/α-hetero) is 1. The van der Waals surface area contributed by atoms with Gasteiger partial charge in [-0.05, 0) is 51.0 Å². The Balaban J connectivity index is 1.61. The fourth-order valence-corrected chi connectivity index (χ4v) is 4.28. The molecule has 0 saturated carbocycles. The van der Waals surface area contributed by atoms with E-state index in [1.165, 1.54) is 19.1 Å². The van der Waals surface area contributed by atoms with Crippen LogP contribution in [-0.4, -0.2) is 60.4 Å². The van der Waals surface area contributed by atoms with Crippen LogP contribution in [0, 0.1) is 0 Å². The summed E-state index contributed by atoms with van der Waals surface area (Å²) in [6.07, 6.45) is -0.219. The van der Waals surface area contributed by atoms with E-state index in [2.05, 4.69) is 21.3 Å². The summed E-state index contributed by atoms with van der Waals surface area (Å²) >= 11 is 0. The third kappa shape index (κ3) is 11.4. The number of alkyl carbamates (subject to hydrolysis) is 1. The van der Waals surface area contributed by atoms with Crippen LogP contribution in [0.1, 0.15) is 59.5 Å². The van der Waals surface area contributed by atoms with Gasteiger partial charge in [0.25, 0.3) is 5.91 Å². The van der Waals surface area contributed by atoms with E-state index < -0.39 is 41.5 Å². The Morgan fingerprint density at radius 2 is 1.07 bits per heavy atom. The molecule has 3 aromatic rings. The summed E-state index contributed by atoms with van der Waals surface area (Å²) in [5.74, 6) is -1.43. The summed E-state index contributed by atoms with van der Waals surface area (Å²) in [6.45, 7) is 6.82. The predicted octanol–water partition coefficient (Wildman–Crippen LogP) is 3.60. The minimum Gasteiger partial charge on any atom is -0.444 e. The molecule has 3 rings (SSSR count). The number of ketones is 1. The van der Waals surface area contributed by atoms with Crippen molar-refractivity contribution in [3.8, 4) is 0 Å². The highest BCUT2D eigenvalue weighted by Crippen LogP contribution is 2.10. The van der Waals surface area contributed by atoms with E-state index in [-0.39, 0.29) is 31.7 Å². The third-order valence-corrected chi connectivity index (χ3v) is 6.47. The lowest BCUT2D eigenvalue weighted by molar-refractivity contribution is -0.124. The molecule has 0 radical (unpaired) electrons. The Morgan fingerprint density at radius 3 is 1.50 bits per heavy atom. The largest absolute Gasteiger partial charge is 0.444 e. The molecule has 0 heterocycles. The number of nitrogens with one attached hydrogen (secondary N) is 4. The second kappa shape index (κ2) is 16.0. The van der Waals surface area contributed by atoms with Gasteiger partial charge >= 0.3 is 6.09 Å². The Bertz CT molecular complexity index is 1420. The molecule has 0 aliphatic rings. The molecule has 0 unspecified atom stereocenters. The molecule has 0 aliphatic carbocycles. The first kappa shape index (κ1) is 33.5. The average Bonchev–Trinajstić information content (AvgIpc) is 2.98. The third-order valence-electron chi connectivity index (χ3n) is 6.47. The maximum absolute atomic E-state index is 13.2. The van der Waals surface area contributed by atoms with Crippen LogP contribution in [0.5, 0.6) is 0 Å². The Kier molecular flexibility index (Phi) is 12.2. The molecular formula is C34H40N4O6. The summed E-state index contributed by atoms with van der Waals surface area (Å²) in [5.41, 5.74) is 1.77. The van der Waals surface area contributed by atoms with E-state index in [9.17, 15) is 24.0 Å². The van der Waals surface area contributed by atoms with Crippen LogP contribution < -0.4 is 21.3 Å². The zero-order chi connectivity index (χ0) is 32.1. The first-order valence-electron chi connectivity index (χ1n) is 14.5. The van der Waals surface area contributed by atoms with Gasteiger partial charge < -0.3 is 26.0 Å². The standard InChI is InChI=1S/C34H40N4O6/c1-23(39)26-15-17-27(18-16-26)30(40)37-28(21-24-11-7-5-8-12-24)31(41)35-19-20-36-32(42)29(22-25-13-9-6-10-14-25)38-33(43)44-34(2,3)4/h5-18,28-29H,19-22H2,1-4H3,(H,35,41)(H,36,42)(H,37,40)(H,38,43)/t28-,29-/m0/s1. The number of rotatable bonds is 13. The van der Waals surface area contributed by atoms with Crippen LogP contribution in [0.2, 0.25) is 0 Å². The van der Waals surface area contributed by atoms with Crippen LogP contribution >= 0.6 is 0 Å². The highest BCUT2D eigenvalue weighted by atomic mass is 16.6. The van der Waals surface area contributed by atoms with Crippen molar-refractivity contribution < 1.29 is 28.7 Å². The van der Waals surface area contributed by atoms with Crippen molar-refractivity contribution in [2.45, 2.75) is 58.2 Å². The lowest BCUT2D eigenvalue weighted by Crippen LogP contribution is -2.52. The maximum atomic E-state index is 13.2. The van der Waals surface area contributed by atoms with Gasteiger partial charge in [-0.2, -0.15) is 0 Å². The molecule has 44 heavy (non-hydrogen) atoms. The lowest BCUT2D eigenvalue weighted by Gasteiger charge is -2.23. The molecular weight excluding hydrogens is 560 g/mol. The summed E-state index contributed by atoms with van der Waals surface area (Å²) in [7, 11) is 0. The number of hydrogen-bond donors (Lipinski definition) is 4. The zero-order valence-corrected chi connectivity index (χ0v) is 25.5. The number of carbonyl (C=O) groups is 5. The first-order chi connectivity index (χ1) is 20.9. The lowest BCUT2D eigenvalue weighted by atomic mass is 10.0. The molecule has 4 amide bonds. The molecule has 0 spiro atoms. The number of amides is 4. The molecule has 0 fully saturated rings. The van der Waals surface area contributed by atoms with E-state index in [0.717, 1.165) is 11.1 Å². The van der Waals surface area contributed by atoms with Crippen molar-refractivity contribution in [2.75, 3.05) is 13.1 Å². The minimum atomic E-state index is -0.901. The van der Waals surface area contributed by atoms with E-state index in [4.69, 9.17) is 4.74 Å². The van der Waals surface area contributed by atoms with Gasteiger partial charge in [-0.25, -0.2) is 4.79 Å². The maximum Gasteiger partial charge on any atom is 0.408 e. The smallest absolute Gasteiger partial charge is 0.408 e. The SMILES string of the molecule is CC(=O)c1ccc(C(=O)N[C@@H](Cc2ccccc2)C(=O)NCCNC(=O)[C@H](Cc2ccccc2)NC(=O)OC(C)(C)C)cc1. The van der Waals surface area contributed by atoms with Crippen molar-refractivity contribution in [2.24, 2.45) is 0 Å². The van der Waals surface area contributed by atoms with Gasteiger partial charge in [-0.1, -0.05) is 72.8 Å². The topological polar surface area (TPSA) is 143 Å². The normalized spacial score (nSPS) is 12.3. The molecule has 0 bridgehead atoms. The fourth-order valence-electron chi connectivity index (χ4n) is 4.28. The number of hydrogen-bond acceptors (Lipinski definition) is 6. The molecule has 3 aromatic carbocycles.